The van der Waals surface area contributed by atoms with Gasteiger partial charge in [0.25, 0.3) is 0 Å². The highest BCUT2D eigenvalue weighted by molar-refractivity contribution is 5.94. The fraction of sp³-hybridized carbons (Fsp3) is 0.348. The van der Waals surface area contributed by atoms with Crippen LogP contribution in [-0.2, 0) is 13.6 Å². The zero-order chi connectivity index (χ0) is 22.0. The standard InChI is InChI=1S/C23H27N7O/c1-6-31-23-16(8-7-10-25-23)17-12-18(26-13-19-24-11-9-15(4)27-19)20-21(14(2)3)29-30(5)22(20)28-17/h7-12,14H,6,13H2,1-5H3,(H,26,28). The van der Waals surface area contributed by atoms with Crippen molar-refractivity contribution in [3.05, 3.63) is 53.9 Å². The molecule has 160 valence electrons. The molecule has 0 aliphatic rings. The van der Waals surface area contributed by atoms with Crippen molar-refractivity contribution in [3.8, 4) is 17.1 Å². The minimum atomic E-state index is 0.254. The van der Waals surface area contributed by atoms with Gasteiger partial charge in [0.05, 0.1) is 35.5 Å². The summed E-state index contributed by atoms with van der Waals surface area (Å²) >= 11 is 0. The highest BCUT2D eigenvalue weighted by atomic mass is 16.5. The van der Waals surface area contributed by atoms with Crippen LogP contribution in [0.5, 0.6) is 5.88 Å². The molecule has 0 spiro atoms. The molecule has 31 heavy (non-hydrogen) atoms. The average molecular weight is 418 g/mol. The van der Waals surface area contributed by atoms with Gasteiger partial charge in [0.1, 0.15) is 5.82 Å². The van der Waals surface area contributed by atoms with E-state index in [4.69, 9.17) is 14.8 Å². The molecule has 4 heterocycles. The molecule has 0 saturated carbocycles. The number of anilines is 1. The van der Waals surface area contributed by atoms with Crippen molar-refractivity contribution in [2.24, 2.45) is 7.05 Å². The number of fused-ring (bicyclic) bond motifs is 1. The summed E-state index contributed by atoms with van der Waals surface area (Å²) in [5.74, 6) is 1.55. The first kappa shape index (κ1) is 20.7. The van der Waals surface area contributed by atoms with Crippen molar-refractivity contribution in [3.63, 3.8) is 0 Å². The van der Waals surface area contributed by atoms with Crippen LogP contribution < -0.4 is 10.1 Å². The normalized spacial score (nSPS) is 11.3. The SMILES string of the molecule is CCOc1ncccc1-c1cc(NCc2nccc(C)n2)c2c(C(C)C)nn(C)c2n1. The Kier molecular flexibility index (Phi) is 5.79. The van der Waals surface area contributed by atoms with Crippen LogP contribution in [0, 0.1) is 6.92 Å². The third kappa shape index (κ3) is 4.19. The molecule has 4 aromatic rings. The van der Waals surface area contributed by atoms with Gasteiger partial charge in [-0.15, -0.1) is 0 Å². The van der Waals surface area contributed by atoms with Crippen LogP contribution in [0.1, 0.15) is 43.9 Å². The van der Waals surface area contributed by atoms with Crippen LogP contribution in [-0.4, -0.2) is 36.3 Å². The van der Waals surface area contributed by atoms with Crippen LogP contribution in [0.15, 0.2) is 36.7 Å². The van der Waals surface area contributed by atoms with Gasteiger partial charge in [-0.1, -0.05) is 13.8 Å². The molecule has 8 heteroatoms. The lowest BCUT2D eigenvalue weighted by Crippen LogP contribution is -2.06. The predicted molar refractivity (Wildman–Crippen MR) is 121 cm³/mol. The molecular weight excluding hydrogens is 390 g/mol. The molecule has 4 rings (SSSR count). The molecule has 0 aromatic carbocycles. The molecule has 0 aliphatic heterocycles. The van der Waals surface area contributed by atoms with Crippen LogP contribution in [0.4, 0.5) is 5.69 Å². The quantitative estimate of drug-likeness (QED) is 0.480. The Morgan fingerprint density at radius 1 is 1.13 bits per heavy atom. The Hall–Kier alpha value is -3.55. The van der Waals surface area contributed by atoms with Crippen molar-refractivity contribution in [1.82, 2.24) is 29.7 Å². The zero-order valence-electron chi connectivity index (χ0n) is 18.5. The van der Waals surface area contributed by atoms with E-state index in [1.165, 1.54) is 0 Å². The average Bonchev–Trinajstić information content (AvgIpc) is 3.10. The molecule has 0 atom stereocenters. The lowest BCUT2D eigenvalue weighted by Gasteiger charge is -2.13. The van der Waals surface area contributed by atoms with Crippen LogP contribution in [0.25, 0.3) is 22.3 Å². The van der Waals surface area contributed by atoms with Crippen LogP contribution in [0.3, 0.4) is 0 Å². The lowest BCUT2D eigenvalue weighted by molar-refractivity contribution is 0.328. The molecule has 0 saturated heterocycles. The van der Waals surface area contributed by atoms with Gasteiger partial charge in [-0.05, 0) is 44.0 Å². The van der Waals surface area contributed by atoms with E-state index in [2.05, 4.69) is 34.1 Å². The largest absolute Gasteiger partial charge is 0.477 e. The van der Waals surface area contributed by atoms with Gasteiger partial charge in [-0.2, -0.15) is 5.10 Å². The Morgan fingerprint density at radius 2 is 1.97 bits per heavy atom. The van der Waals surface area contributed by atoms with Crippen molar-refractivity contribution < 1.29 is 4.74 Å². The first-order chi connectivity index (χ1) is 15.0. The summed E-state index contributed by atoms with van der Waals surface area (Å²) in [4.78, 5) is 18.2. The van der Waals surface area contributed by atoms with Gasteiger partial charge in [0, 0.05) is 30.8 Å². The van der Waals surface area contributed by atoms with Crippen LogP contribution >= 0.6 is 0 Å². The Morgan fingerprint density at radius 3 is 2.71 bits per heavy atom. The molecule has 0 fully saturated rings. The third-order valence-electron chi connectivity index (χ3n) is 4.98. The highest BCUT2D eigenvalue weighted by Crippen LogP contribution is 2.35. The number of nitrogens with zero attached hydrogens (tertiary/aromatic N) is 6. The second-order valence-corrected chi connectivity index (χ2v) is 7.67. The smallest absolute Gasteiger partial charge is 0.222 e. The van der Waals surface area contributed by atoms with E-state index in [0.717, 1.165) is 45.2 Å². The lowest BCUT2D eigenvalue weighted by atomic mass is 10.0. The second-order valence-electron chi connectivity index (χ2n) is 7.67. The first-order valence-electron chi connectivity index (χ1n) is 10.5. The molecular formula is C23H27N7O. The maximum absolute atomic E-state index is 5.75. The van der Waals surface area contributed by atoms with Gasteiger partial charge in [0.15, 0.2) is 5.65 Å². The minimum Gasteiger partial charge on any atom is -0.477 e. The zero-order valence-corrected chi connectivity index (χ0v) is 18.5. The predicted octanol–water partition coefficient (Wildman–Crippen LogP) is 4.26. The third-order valence-corrected chi connectivity index (χ3v) is 4.98. The van der Waals surface area contributed by atoms with E-state index in [0.29, 0.717) is 19.0 Å². The topological polar surface area (TPSA) is 90.6 Å². The molecule has 0 unspecified atom stereocenters. The van der Waals surface area contributed by atoms with E-state index in [1.807, 2.05) is 49.8 Å². The first-order valence-corrected chi connectivity index (χ1v) is 10.5. The summed E-state index contributed by atoms with van der Waals surface area (Å²) in [7, 11) is 1.92. The summed E-state index contributed by atoms with van der Waals surface area (Å²) in [5, 5.41) is 9.28. The number of ether oxygens (including phenoxy) is 1. The van der Waals surface area contributed by atoms with E-state index in [-0.39, 0.29) is 5.92 Å². The maximum atomic E-state index is 5.75. The van der Waals surface area contributed by atoms with Gasteiger partial charge < -0.3 is 10.1 Å². The number of rotatable bonds is 7. The van der Waals surface area contributed by atoms with Crippen LogP contribution in [0.2, 0.25) is 0 Å². The van der Waals surface area contributed by atoms with Gasteiger partial charge >= 0.3 is 0 Å². The molecule has 0 amide bonds. The number of aryl methyl sites for hydroxylation is 2. The van der Waals surface area contributed by atoms with E-state index < -0.39 is 0 Å². The fourth-order valence-corrected chi connectivity index (χ4v) is 3.56. The maximum Gasteiger partial charge on any atom is 0.222 e. The van der Waals surface area contributed by atoms with Crippen molar-refractivity contribution >= 4 is 16.7 Å². The minimum absolute atomic E-state index is 0.254. The summed E-state index contributed by atoms with van der Waals surface area (Å²) in [6.45, 7) is 9.21. The van der Waals surface area contributed by atoms with E-state index in [1.54, 1.807) is 12.4 Å². The summed E-state index contributed by atoms with van der Waals surface area (Å²) in [5.41, 5.74) is 5.30. The number of pyridine rings is 2. The van der Waals surface area contributed by atoms with Gasteiger partial charge in [-0.25, -0.2) is 19.9 Å². The molecule has 4 aromatic heterocycles. The second kappa shape index (κ2) is 8.67. The summed E-state index contributed by atoms with van der Waals surface area (Å²) in [6.07, 6.45) is 3.50. The summed E-state index contributed by atoms with van der Waals surface area (Å²) in [6, 6.07) is 7.78. The van der Waals surface area contributed by atoms with Gasteiger partial charge in [-0.3, -0.25) is 4.68 Å². The van der Waals surface area contributed by atoms with Crippen molar-refractivity contribution in [1.29, 1.82) is 0 Å². The van der Waals surface area contributed by atoms with Crippen molar-refractivity contribution in [2.45, 2.75) is 40.2 Å². The molecule has 1 N–H and O–H groups in total. The Labute approximate surface area is 181 Å². The monoisotopic (exact) mass is 417 g/mol. The molecule has 0 bridgehead atoms. The van der Waals surface area contributed by atoms with Crippen molar-refractivity contribution in [2.75, 3.05) is 11.9 Å². The highest BCUT2D eigenvalue weighted by Gasteiger charge is 2.20. The van der Waals surface area contributed by atoms with Gasteiger partial charge in [0.2, 0.25) is 5.88 Å². The number of hydrogen-bond acceptors (Lipinski definition) is 7. The number of nitrogens with one attached hydrogen (secondary N) is 1. The summed E-state index contributed by atoms with van der Waals surface area (Å²) < 4.78 is 7.58. The molecule has 0 radical (unpaired) electrons. The fourth-order valence-electron chi connectivity index (χ4n) is 3.56. The molecule has 0 aliphatic carbocycles. The van der Waals surface area contributed by atoms with E-state index >= 15 is 0 Å². The van der Waals surface area contributed by atoms with E-state index in [9.17, 15) is 0 Å². The molecule has 8 nitrogen and oxygen atoms in total. The Bertz CT molecular complexity index is 1220. The Balaban J connectivity index is 1.85. The number of hydrogen-bond donors (Lipinski definition) is 1. The number of aromatic nitrogens is 6.